The van der Waals surface area contributed by atoms with E-state index in [2.05, 4.69) is 20.8 Å². The van der Waals surface area contributed by atoms with Gasteiger partial charge in [0, 0.05) is 11.8 Å². The third kappa shape index (κ3) is 1.34. The summed E-state index contributed by atoms with van der Waals surface area (Å²) >= 11 is 0. The van der Waals surface area contributed by atoms with Gasteiger partial charge in [-0.05, 0) is 45.4 Å². The largest absolute Gasteiger partial charge is 0.299 e. The summed E-state index contributed by atoms with van der Waals surface area (Å²) in [6.07, 6.45) is 5.37. The van der Waals surface area contributed by atoms with Crippen LogP contribution in [-0.2, 0) is 4.79 Å². The van der Waals surface area contributed by atoms with Crippen LogP contribution in [0, 0.1) is 11.3 Å². The molecule has 0 aromatic rings. The van der Waals surface area contributed by atoms with Crippen LogP contribution in [0.15, 0.2) is 11.1 Å². The van der Waals surface area contributed by atoms with Crippen molar-refractivity contribution >= 4 is 5.78 Å². The molecule has 1 saturated carbocycles. The van der Waals surface area contributed by atoms with E-state index in [-0.39, 0.29) is 5.41 Å². The summed E-state index contributed by atoms with van der Waals surface area (Å²) in [7, 11) is 0. The lowest BCUT2D eigenvalue weighted by atomic mass is 9.59. The van der Waals surface area contributed by atoms with E-state index < -0.39 is 0 Å². The molecule has 1 nitrogen and oxygen atoms in total. The van der Waals surface area contributed by atoms with Crippen molar-refractivity contribution in [2.24, 2.45) is 11.3 Å². The molecule has 78 valence electrons. The molecular formula is C13H20O. The Morgan fingerprint density at radius 1 is 1.29 bits per heavy atom. The highest BCUT2D eigenvalue weighted by atomic mass is 16.1. The summed E-state index contributed by atoms with van der Waals surface area (Å²) in [4.78, 5) is 12.0. The molecule has 1 heteroatoms. The highest BCUT2D eigenvalue weighted by Gasteiger charge is 2.45. The average Bonchev–Trinajstić information content (AvgIpc) is 2.11. The molecule has 0 aromatic carbocycles. The normalized spacial score (nSPS) is 38.5. The first-order chi connectivity index (χ1) is 6.54. The smallest absolute Gasteiger partial charge is 0.139 e. The minimum absolute atomic E-state index is 0.0121. The minimum atomic E-state index is -0.0121. The molecule has 0 aliphatic heterocycles. The zero-order chi connectivity index (χ0) is 10.3. The van der Waals surface area contributed by atoms with Gasteiger partial charge in [-0.2, -0.15) is 0 Å². The van der Waals surface area contributed by atoms with Gasteiger partial charge < -0.3 is 0 Å². The fraction of sp³-hybridized carbons (Fsp3) is 0.769. The number of carbonyl (C=O) groups is 1. The Morgan fingerprint density at radius 3 is 2.71 bits per heavy atom. The molecule has 0 radical (unpaired) electrons. The summed E-state index contributed by atoms with van der Waals surface area (Å²) in [6.45, 7) is 6.61. The Morgan fingerprint density at radius 2 is 2.00 bits per heavy atom. The van der Waals surface area contributed by atoms with E-state index in [1.807, 2.05) is 0 Å². The first kappa shape index (κ1) is 9.95. The van der Waals surface area contributed by atoms with Gasteiger partial charge in [-0.3, -0.25) is 4.79 Å². The zero-order valence-corrected chi connectivity index (χ0v) is 9.52. The van der Waals surface area contributed by atoms with Crippen molar-refractivity contribution in [3.8, 4) is 0 Å². The second kappa shape index (κ2) is 3.22. The van der Waals surface area contributed by atoms with Crippen molar-refractivity contribution in [1.82, 2.24) is 0 Å². The Bertz CT molecular complexity index is 300. The third-order valence-corrected chi connectivity index (χ3v) is 4.41. The molecule has 0 unspecified atom stereocenters. The maximum absolute atomic E-state index is 12.0. The fourth-order valence-corrected chi connectivity index (χ4v) is 3.16. The van der Waals surface area contributed by atoms with E-state index in [1.54, 1.807) is 0 Å². The Balaban J connectivity index is 2.33. The second-order valence-electron chi connectivity index (χ2n) is 5.37. The molecule has 0 aromatic heterocycles. The Labute approximate surface area is 86.6 Å². The van der Waals surface area contributed by atoms with Crippen LogP contribution in [0.5, 0.6) is 0 Å². The number of hydrogen-bond acceptors (Lipinski definition) is 1. The molecule has 2 aliphatic rings. The van der Waals surface area contributed by atoms with Gasteiger partial charge in [-0.25, -0.2) is 0 Å². The predicted octanol–water partition coefficient (Wildman–Crippen LogP) is 3.49. The van der Waals surface area contributed by atoms with Gasteiger partial charge in [0.15, 0.2) is 0 Å². The van der Waals surface area contributed by atoms with Crippen molar-refractivity contribution < 1.29 is 4.79 Å². The highest BCUT2D eigenvalue weighted by Crippen LogP contribution is 2.49. The third-order valence-electron chi connectivity index (χ3n) is 4.41. The number of Topliss-reactive ketones (excluding diaryl/α,β-unsaturated/α-hetero) is 1. The van der Waals surface area contributed by atoms with E-state index in [9.17, 15) is 4.79 Å². The van der Waals surface area contributed by atoms with E-state index in [0.29, 0.717) is 11.7 Å². The maximum Gasteiger partial charge on any atom is 0.139 e. The summed E-state index contributed by atoms with van der Waals surface area (Å²) in [5, 5.41) is 0. The van der Waals surface area contributed by atoms with Crippen LogP contribution >= 0.6 is 0 Å². The molecule has 0 heterocycles. The molecule has 1 fully saturated rings. The van der Waals surface area contributed by atoms with Gasteiger partial charge in [0.2, 0.25) is 0 Å². The first-order valence-electron chi connectivity index (χ1n) is 5.72. The lowest BCUT2D eigenvalue weighted by Crippen LogP contribution is -2.41. The summed E-state index contributed by atoms with van der Waals surface area (Å²) in [5.41, 5.74) is 2.98. The quantitative estimate of drug-likeness (QED) is 0.537. The molecule has 2 atom stereocenters. The van der Waals surface area contributed by atoms with Gasteiger partial charge in [0.25, 0.3) is 0 Å². The molecule has 0 bridgehead atoms. The van der Waals surface area contributed by atoms with E-state index in [0.717, 1.165) is 25.7 Å². The summed E-state index contributed by atoms with van der Waals surface area (Å²) in [6, 6.07) is 0. The van der Waals surface area contributed by atoms with E-state index in [1.165, 1.54) is 17.6 Å². The molecule has 14 heavy (non-hydrogen) atoms. The minimum Gasteiger partial charge on any atom is -0.299 e. The zero-order valence-electron chi connectivity index (χ0n) is 9.52. The van der Waals surface area contributed by atoms with Crippen LogP contribution in [0.1, 0.15) is 52.9 Å². The number of carbonyl (C=O) groups excluding carboxylic acids is 1. The molecule has 0 saturated heterocycles. The first-order valence-corrected chi connectivity index (χ1v) is 5.72. The molecular weight excluding hydrogens is 172 g/mol. The van der Waals surface area contributed by atoms with Gasteiger partial charge in [-0.1, -0.05) is 18.1 Å². The van der Waals surface area contributed by atoms with Gasteiger partial charge in [0.05, 0.1) is 0 Å². The molecule has 2 rings (SSSR count). The number of hydrogen-bond donors (Lipinski definition) is 0. The number of ketones is 1. The van der Waals surface area contributed by atoms with Crippen LogP contribution in [0.2, 0.25) is 0 Å². The lowest BCUT2D eigenvalue weighted by molar-refractivity contribution is -0.134. The SMILES string of the molecule is CC1=C(C)C[C@@]2(C)C(=O)CCC[C@@H]2C1. The Kier molecular flexibility index (Phi) is 2.29. The number of allylic oxidation sites excluding steroid dienone is 2. The van der Waals surface area contributed by atoms with E-state index >= 15 is 0 Å². The van der Waals surface area contributed by atoms with E-state index in [4.69, 9.17) is 0 Å². The van der Waals surface area contributed by atoms with Gasteiger partial charge in [0.1, 0.15) is 5.78 Å². The fourth-order valence-electron chi connectivity index (χ4n) is 3.16. The topological polar surface area (TPSA) is 17.1 Å². The number of rotatable bonds is 0. The van der Waals surface area contributed by atoms with Crippen molar-refractivity contribution in [3.05, 3.63) is 11.1 Å². The molecule has 0 amide bonds. The standard InChI is InChI=1S/C13H20O/c1-9-7-11-5-4-6-12(14)13(11,3)8-10(9)2/h11H,4-8H2,1-3H3/t11-,13-/m1/s1. The van der Waals surface area contributed by atoms with Crippen LogP contribution in [0.4, 0.5) is 0 Å². The van der Waals surface area contributed by atoms with Gasteiger partial charge >= 0.3 is 0 Å². The summed E-state index contributed by atoms with van der Waals surface area (Å²) < 4.78 is 0. The van der Waals surface area contributed by atoms with Crippen molar-refractivity contribution in [1.29, 1.82) is 0 Å². The van der Waals surface area contributed by atoms with Crippen LogP contribution in [0.3, 0.4) is 0 Å². The van der Waals surface area contributed by atoms with Crippen molar-refractivity contribution in [2.45, 2.75) is 52.9 Å². The highest BCUT2D eigenvalue weighted by molar-refractivity contribution is 5.86. The van der Waals surface area contributed by atoms with Crippen molar-refractivity contribution in [3.63, 3.8) is 0 Å². The predicted molar refractivity (Wildman–Crippen MR) is 58.1 cm³/mol. The number of fused-ring (bicyclic) bond motifs is 1. The van der Waals surface area contributed by atoms with Crippen molar-refractivity contribution in [2.75, 3.05) is 0 Å². The molecule has 2 aliphatic carbocycles. The Hall–Kier alpha value is -0.590. The second-order valence-corrected chi connectivity index (χ2v) is 5.37. The average molecular weight is 192 g/mol. The lowest BCUT2D eigenvalue weighted by Gasteiger charge is -2.44. The molecule has 0 spiro atoms. The maximum atomic E-state index is 12.0. The summed E-state index contributed by atoms with van der Waals surface area (Å²) in [5.74, 6) is 1.15. The monoisotopic (exact) mass is 192 g/mol. The van der Waals surface area contributed by atoms with Crippen LogP contribution < -0.4 is 0 Å². The molecule has 0 N–H and O–H groups in total. The van der Waals surface area contributed by atoms with Gasteiger partial charge in [-0.15, -0.1) is 0 Å². The van der Waals surface area contributed by atoms with Crippen LogP contribution in [-0.4, -0.2) is 5.78 Å². The van der Waals surface area contributed by atoms with Crippen LogP contribution in [0.25, 0.3) is 0 Å².